The van der Waals surface area contributed by atoms with Crippen molar-refractivity contribution in [2.45, 2.75) is 51.2 Å². The first-order valence-electron chi connectivity index (χ1n) is 10.9. The minimum atomic E-state index is -2.90. The second kappa shape index (κ2) is 9.71. The van der Waals surface area contributed by atoms with Gasteiger partial charge >= 0.3 is 12.6 Å². The summed E-state index contributed by atoms with van der Waals surface area (Å²) in [5.41, 5.74) is 1.03. The number of nitrogens with zero attached hydrogens (tertiary/aromatic N) is 1. The van der Waals surface area contributed by atoms with Crippen LogP contribution in [0, 0.1) is 17.8 Å². The Morgan fingerprint density at radius 2 is 1.97 bits per heavy atom. The van der Waals surface area contributed by atoms with Crippen molar-refractivity contribution >= 4 is 5.97 Å². The zero-order valence-electron chi connectivity index (χ0n) is 17.8. The van der Waals surface area contributed by atoms with Crippen LogP contribution in [0.5, 0.6) is 17.4 Å². The highest BCUT2D eigenvalue weighted by Gasteiger charge is 2.38. The number of aliphatic carboxylic acids is 1. The lowest BCUT2D eigenvalue weighted by molar-refractivity contribution is -0.142. The third-order valence-corrected chi connectivity index (χ3v) is 6.20. The highest BCUT2D eigenvalue weighted by molar-refractivity contribution is 5.71. The van der Waals surface area contributed by atoms with Crippen molar-refractivity contribution in [2.24, 2.45) is 17.8 Å². The van der Waals surface area contributed by atoms with E-state index >= 15 is 0 Å². The molecule has 0 saturated heterocycles. The van der Waals surface area contributed by atoms with Crippen LogP contribution in [0.2, 0.25) is 0 Å². The summed E-state index contributed by atoms with van der Waals surface area (Å²) >= 11 is 0. The molecule has 0 bridgehead atoms. The molecule has 1 aromatic heterocycles. The molecule has 2 aliphatic carbocycles. The lowest BCUT2D eigenvalue weighted by Gasteiger charge is -2.35. The Bertz CT molecular complexity index is 913. The predicted molar refractivity (Wildman–Crippen MR) is 112 cm³/mol. The molecule has 32 heavy (non-hydrogen) atoms. The van der Waals surface area contributed by atoms with Crippen LogP contribution in [-0.4, -0.2) is 35.4 Å². The maximum absolute atomic E-state index is 12.2. The summed E-state index contributed by atoms with van der Waals surface area (Å²) in [5, 5.41) is 9.47. The second-order valence-electron chi connectivity index (χ2n) is 8.66. The van der Waals surface area contributed by atoms with Gasteiger partial charge in [-0.2, -0.15) is 8.78 Å². The minimum Gasteiger partial charge on any atom is -0.493 e. The minimum absolute atomic E-state index is 0.0172. The molecule has 0 spiro atoms. The molecule has 4 rings (SSSR count). The van der Waals surface area contributed by atoms with Crippen LogP contribution in [0.1, 0.15) is 44.1 Å². The molecular formula is C24H27F2NO5. The van der Waals surface area contributed by atoms with Crippen molar-refractivity contribution in [3.05, 3.63) is 48.2 Å². The second-order valence-corrected chi connectivity index (χ2v) is 8.66. The molecule has 1 unspecified atom stereocenters. The van der Waals surface area contributed by atoms with Crippen molar-refractivity contribution in [1.29, 1.82) is 0 Å². The fourth-order valence-electron chi connectivity index (χ4n) is 4.30. The molecular weight excluding hydrogens is 420 g/mol. The van der Waals surface area contributed by atoms with Gasteiger partial charge in [-0.3, -0.25) is 4.79 Å². The first kappa shape index (κ1) is 22.3. The number of halogens is 2. The van der Waals surface area contributed by atoms with Gasteiger partial charge in [0.25, 0.3) is 0 Å². The van der Waals surface area contributed by atoms with Crippen LogP contribution in [-0.2, 0) is 4.79 Å². The van der Waals surface area contributed by atoms with Gasteiger partial charge in [0.2, 0.25) is 5.88 Å². The molecule has 0 amide bonds. The first-order chi connectivity index (χ1) is 15.4. The van der Waals surface area contributed by atoms with Gasteiger partial charge in [-0.1, -0.05) is 19.1 Å². The summed E-state index contributed by atoms with van der Waals surface area (Å²) in [7, 11) is 0. The zero-order valence-corrected chi connectivity index (χ0v) is 17.8. The first-order valence-corrected chi connectivity index (χ1v) is 10.9. The molecule has 172 valence electrons. The van der Waals surface area contributed by atoms with Gasteiger partial charge in [0.15, 0.2) is 0 Å². The third kappa shape index (κ3) is 5.66. The number of hydrogen-bond donors (Lipinski definition) is 1. The summed E-state index contributed by atoms with van der Waals surface area (Å²) in [6, 6.07) is 10.7. The highest BCUT2D eigenvalue weighted by atomic mass is 19.3. The molecule has 1 heterocycles. The van der Waals surface area contributed by atoms with E-state index < -0.39 is 18.5 Å². The third-order valence-electron chi connectivity index (χ3n) is 6.20. The Balaban J connectivity index is 1.24. The predicted octanol–water partition coefficient (Wildman–Crippen LogP) is 5.13. The average Bonchev–Trinajstić information content (AvgIpc) is 3.56. The van der Waals surface area contributed by atoms with E-state index in [1.54, 1.807) is 13.0 Å². The van der Waals surface area contributed by atoms with E-state index in [0.717, 1.165) is 37.0 Å². The number of aromatic nitrogens is 1. The summed E-state index contributed by atoms with van der Waals surface area (Å²) < 4.78 is 40.4. The van der Waals surface area contributed by atoms with E-state index in [-0.39, 0.29) is 17.9 Å². The molecule has 1 aromatic carbocycles. The van der Waals surface area contributed by atoms with Crippen LogP contribution in [0.15, 0.2) is 42.6 Å². The van der Waals surface area contributed by atoms with Gasteiger partial charge in [-0.15, -0.1) is 0 Å². The number of benzene rings is 1. The number of pyridine rings is 1. The van der Waals surface area contributed by atoms with E-state index in [1.165, 1.54) is 12.3 Å². The van der Waals surface area contributed by atoms with Gasteiger partial charge in [-0.25, -0.2) is 4.98 Å². The van der Waals surface area contributed by atoms with Crippen LogP contribution >= 0.6 is 0 Å². The molecule has 0 aliphatic heterocycles. The van der Waals surface area contributed by atoms with Crippen molar-refractivity contribution in [1.82, 2.24) is 4.98 Å². The Kier molecular flexibility index (Phi) is 6.77. The molecule has 2 aromatic rings. The SMILES string of the molecule is C[C@H](C(=O)O)C(c1cccc(OCC2CC(Oc3ccc(OC(F)F)nc3)C2)c1)C1CC1. The van der Waals surface area contributed by atoms with E-state index in [9.17, 15) is 18.7 Å². The fourth-order valence-corrected chi connectivity index (χ4v) is 4.30. The van der Waals surface area contributed by atoms with Gasteiger partial charge in [0, 0.05) is 6.07 Å². The van der Waals surface area contributed by atoms with Gasteiger partial charge in [0.1, 0.15) is 11.5 Å². The van der Waals surface area contributed by atoms with Crippen LogP contribution in [0.3, 0.4) is 0 Å². The van der Waals surface area contributed by atoms with E-state index in [0.29, 0.717) is 24.2 Å². The summed E-state index contributed by atoms with van der Waals surface area (Å²) in [6.45, 7) is -0.560. The Morgan fingerprint density at radius 3 is 2.59 bits per heavy atom. The number of alkyl halides is 2. The number of carboxylic acid groups (broad SMARTS) is 1. The van der Waals surface area contributed by atoms with Gasteiger partial charge in [-0.05, 0) is 67.2 Å². The zero-order chi connectivity index (χ0) is 22.7. The van der Waals surface area contributed by atoms with Crippen LogP contribution in [0.25, 0.3) is 0 Å². The maximum atomic E-state index is 12.2. The largest absolute Gasteiger partial charge is 0.493 e. The van der Waals surface area contributed by atoms with Crippen LogP contribution in [0.4, 0.5) is 8.78 Å². The highest BCUT2D eigenvalue weighted by Crippen LogP contribution is 2.47. The molecule has 2 saturated carbocycles. The van der Waals surface area contributed by atoms with Gasteiger partial charge < -0.3 is 19.3 Å². The standard InChI is InChI=1S/C24H27F2NO5/c1-14(23(28)29)22(16-5-6-16)17-3-2-4-18(11-17)30-13-15-9-20(10-15)31-19-7-8-21(27-12-19)32-24(25)26/h2-4,7-8,11-12,14-16,20,22,24H,5-6,9-10,13H2,1H3,(H,28,29)/t14-,15?,20?,22?/m0/s1. The fraction of sp³-hybridized carbons (Fsp3) is 0.500. The summed E-state index contributed by atoms with van der Waals surface area (Å²) in [6.07, 6.45) is 5.23. The summed E-state index contributed by atoms with van der Waals surface area (Å²) in [5.74, 6) is 0.755. The Morgan fingerprint density at radius 1 is 1.19 bits per heavy atom. The topological polar surface area (TPSA) is 77.9 Å². The smallest absolute Gasteiger partial charge is 0.388 e. The molecule has 6 nitrogen and oxygen atoms in total. The van der Waals surface area contributed by atoms with E-state index in [4.69, 9.17) is 9.47 Å². The van der Waals surface area contributed by atoms with Crippen LogP contribution < -0.4 is 14.2 Å². The lowest BCUT2D eigenvalue weighted by Crippen LogP contribution is -2.37. The van der Waals surface area contributed by atoms with Crippen molar-refractivity contribution in [3.63, 3.8) is 0 Å². The van der Waals surface area contributed by atoms with Crippen molar-refractivity contribution < 1.29 is 32.9 Å². The quantitative estimate of drug-likeness (QED) is 0.514. The normalized spacial score (nSPS) is 22.0. The molecule has 2 atom stereocenters. The van der Waals surface area contributed by atoms with E-state index in [2.05, 4.69) is 9.72 Å². The van der Waals surface area contributed by atoms with E-state index in [1.807, 2.05) is 24.3 Å². The molecule has 2 aliphatic rings. The van der Waals surface area contributed by atoms with Gasteiger partial charge in [0.05, 0.1) is 24.8 Å². The van der Waals surface area contributed by atoms with Crippen molar-refractivity contribution in [2.75, 3.05) is 6.61 Å². The van der Waals surface area contributed by atoms with Crippen molar-refractivity contribution in [3.8, 4) is 17.4 Å². The summed E-state index contributed by atoms with van der Waals surface area (Å²) in [4.78, 5) is 15.3. The molecule has 1 N–H and O–H groups in total. The average molecular weight is 447 g/mol. The number of carboxylic acids is 1. The maximum Gasteiger partial charge on any atom is 0.388 e. The number of rotatable bonds is 11. The Labute approximate surface area is 185 Å². The lowest BCUT2D eigenvalue weighted by atomic mass is 9.82. The number of ether oxygens (including phenoxy) is 3. The number of carbonyl (C=O) groups is 1. The Hall–Kier alpha value is -2.90. The monoisotopic (exact) mass is 447 g/mol. The molecule has 8 heteroatoms. The molecule has 0 radical (unpaired) electrons. The molecule has 2 fully saturated rings. The number of hydrogen-bond acceptors (Lipinski definition) is 5.